The number of aryl methyl sites for hydroxylation is 1. The molecule has 0 heterocycles. The van der Waals surface area contributed by atoms with Crippen molar-refractivity contribution in [2.24, 2.45) is 0 Å². The SMILES string of the molecule is Cc1cccc(N)c1S(=O)(=O)NCCOCC(F)F. The van der Waals surface area contributed by atoms with E-state index in [0.29, 0.717) is 5.56 Å². The zero-order valence-corrected chi connectivity index (χ0v) is 11.2. The van der Waals surface area contributed by atoms with E-state index in [1.54, 1.807) is 19.1 Å². The normalized spacial score (nSPS) is 12.0. The molecule has 1 aromatic carbocycles. The molecule has 1 aromatic rings. The molecule has 0 amide bonds. The Morgan fingerprint density at radius 2 is 2.11 bits per heavy atom. The Hall–Kier alpha value is -1.25. The van der Waals surface area contributed by atoms with E-state index in [2.05, 4.69) is 9.46 Å². The molecule has 0 aliphatic heterocycles. The molecule has 0 bridgehead atoms. The summed E-state index contributed by atoms with van der Waals surface area (Å²) in [6, 6.07) is 4.75. The van der Waals surface area contributed by atoms with Gasteiger partial charge in [-0.2, -0.15) is 0 Å². The number of hydrogen-bond acceptors (Lipinski definition) is 4. The van der Waals surface area contributed by atoms with Crippen molar-refractivity contribution in [3.63, 3.8) is 0 Å². The summed E-state index contributed by atoms with van der Waals surface area (Å²) in [7, 11) is -3.76. The third-order valence-electron chi connectivity index (χ3n) is 2.29. The number of halogens is 2. The minimum Gasteiger partial charge on any atom is -0.398 e. The van der Waals surface area contributed by atoms with Crippen LogP contribution in [-0.4, -0.2) is 34.6 Å². The van der Waals surface area contributed by atoms with Crippen molar-refractivity contribution in [3.8, 4) is 0 Å². The van der Waals surface area contributed by atoms with Crippen molar-refractivity contribution in [1.29, 1.82) is 0 Å². The van der Waals surface area contributed by atoms with Crippen molar-refractivity contribution in [1.82, 2.24) is 4.72 Å². The van der Waals surface area contributed by atoms with Gasteiger partial charge in [0.1, 0.15) is 11.5 Å². The lowest BCUT2D eigenvalue weighted by molar-refractivity contribution is 0.0199. The second kappa shape index (κ2) is 6.78. The molecule has 108 valence electrons. The Balaban J connectivity index is 2.62. The van der Waals surface area contributed by atoms with Crippen LogP contribution in [0, 0.1) is 6.92 Å². The molecule has 5 nitrogen and oxygen atoms in total. The van der Waals surface area contributed by atoms with Crippen molar-refractivity contribution < 1.29 is 21.9 Å². The van der Waals surface area contributed by atoms with Crippen molar-refractivity contribution in [3.05, 3.63) is 23.8 Å². The van der Waals surface area contributed by atoms with E-state index in [9.17, 15) is 17.2 Å². The summed E-state index contributed by atoms with van der Waals surface area (Å²) >= 11 is 0. The summed E-state index contributed by atoms with van der Waals surface area (Å²) in [6.45, 7) is 0.685. The molecular formula is C11H16F2N2O3S. The largest absolute Gasteiger partial charge is 0.398 e. The van der Waals surface area contributed by atoms with E-state index in [1.807, 2.05) is 0 Å². The number of rotatable bonds is 7. The van der Waals surface area contributed by atoms with Gasteiger partial charge in [0.2, 0.25) is 10.0 Å². The average Bonchev–Trinajstić information content (AvgIpc) is 2.27. The lowest BCUT2D eigenvalue weighted by atomic mass is 10.2. The smallest absolute Gasteiger partial charge is 0.261 e. The van der Waals surface area contributed by atoms with Gasteiger partial charge in [-0.25, -0.2) is 21.9 Å². The lowest BCUT2D eigenvalue weighted by Gasteiger charge is -2.11. The molecule has 0 radical (unpaired) electrons. The first kappa shape index (κ1) is 15.8. The van der Waals surface area contributed by atoms with Crippen molar-refractivity contribution in [2.75, 3.05) is 25.5 Å². The molecule has 0 aliphatic carbocycles. The number of anilines is 1. The molecular weight excluding hydrogens is 278 g/mol. The summed E-state index contributed by atoms with van der Waals surface area (Å²) in [6.07, 6.45) is -2.57. The fourth-order valence-electron chi connectivity index (χ4n) is 1.54. The van der Waals surface area contributed by atoms with E-state index < -0.39 is 23.1 Å². The van der Waals surface area contributed by atoms with Crippen LogP contribution in [0.2, 0.25) is 0 Å². The number of benzene rings is 1. The number of ether oxygens (including phenoxy) is 1. The van der Waals surface area contributed by atoms with E-state index in [1.165, 1.54) is 6.07 Å². The van der Waals surface area contributed by atoms with Gasteiger partial charge in [0.05, 0.1) is 12.3 Å². The highest BCUT2D eigenvalue weighted by atomic mass is 32.2. The maximum absolute atomic E-state index is 12.0. The van der Waals surface area contributed by atoms with Crippen molar-refractivity contribution >= 4 is 15.7 Å². The maximum Gasteiger partial charge on any atom is 0.261 e. The van der Waals surface area contributed by atoms with Gasteiger partial charge < -0.3 is 10.5 Å². The number of nitrogens with two attached hydrogens (primary N) is 1. The molecule has 8 heteroatoms. The van der Waals surface area contributed by atoms with E-state index in [4.69, 9.17) is 5.73 Å². The molecule has 0 unspecified atom stereocenters. The zero-order valence-electron chi connectivity index (χ0n) is 10.4. The maximum atomic E-state index is 12.0. The fraction of sp³-hybridized carbons (Fsp3) is 0.455. The quantitative estimate of drug-likeness (QED) is 0.583. The molecule has 0 fully saturated rings. The van der Waals surface area contributed by atoms with Crippen LogP contribution in [0.3, 0.4) is 0 Å². The molecule has 0 spiro atoms. The standard InChI is InChI=1S/C11H16F2N2O3S/c1-8-3-2-4-9(14)11(8)19(16,17)15-5-6-18-7-10(12)13/h2-4,10,15H,5-7,14H2,1H3. The highest BCUT2D eigenvalue weighted by Crippen LogP contribution is 2.21. The first-order valence-electron chi connectivity index (χ1n) is 5.55. The Labute approximate surface area is 110 Å². The van der Waals surface area contributed by atoms with Gasteiger partial charge in [-0.05, 0) is 18.6 Å². The van der Waals surface area contributed by atoms with Gasteiger partial charge >= 0.3 is 0 Å². The summed E-state index contributed by atoms with van der Waals surface area (Å²) in [4.78, 5) is 0.00357. The zero-order chi connectivity index (χ0) is 14.5. The lowest BCUT2D eigenvalue weighted by Crippen LogP contribution is -2.29. The molecule has 3 N–H and O–H groups in total. The third kappa shape index (κ3) is 4.73. The van der Waals surface area contributed by atoms with Gasteiger partial charge in [-0.15, -0.1) is 0 Å². The first-order chi connectivity index (χ1) is 8.84. The van der Waals surface area contributed by atoms with Crippen LogP contribution >= 0.6 is 0 Å². The highest BCUT2D eigenvalue weighted by molar-refractivity contribution is 7.89. The molecule has 0 aliphatic rings. The first-order valence-corrected chi connectivity index (χ1v) is 7.03. The monoisotopic (exact) mass is 294 g/mol. The van der Waals surface area contributed by atoms with Gasteiger partial charge in [0.15, 0.2) is 0 Å². The predicted octanol–water partition coefficient (Wildman–Crippen LogP) is 1.14. The molecule has 1 rings (SSSR count). The number of nitrogens with one attached hydrogen (secondary N) is 1. The Bertz CT molecular complexity index is 500. The second-order valence-corrected chi connectivity index (χ2v) is 5.56. The van der Waals surface area contributed by atoms with Gasteiger partial charge in [0, 0.05) is 6.54 Å². The average molecular weight is 294 g/mol. The number of nitrogen functional groups attached to an aromatic ring is 1. The van der Waals surface area contributed by atoms with Crippen LogP contribution in [0.25, 0.3) is 0 Å². The molecule has 19 heavy (non-hydrogen) atoms. The van der Waals surface area contributed by atoms with Gasteiger partial charge in [0.25, 0.3) is 6.43 Å². The summed E-state index contributed by atoms with van der Waals surface area (Å²) in [5.74, 6) is 0. The third-order valence-corrected chi connectivity index (χ3v) is 3.97. The van der Waals surface area contributed by atoms with Crippen LogP contribution in [0.1, 0.15) is 5.56 Å². The van der Waals surface area contributed by atoms with Crippen LogP contribution in [0.5, 0.6) is 0 Å². The van der Waals surface area contributed by atoms with Crippen LogP contribution in [0.15, 0.2) is 23.1 Å². The predicted molar refractivity (Wildman–Crippen MR) is 67.6 cm³/mol. The minimum atomic E-state index is -3.76. The number of alkyl halides is 2. The number of sulfonamides is 1. The minimum absolute atomic E-state index is 0.00357. The summed E-state index contributed by atoms with van der Waals surface area (Å²) in [5, 5.41) is 0. The second-order valence-electron chi connectivity index (χ2n) is 3.86. The fourth-order valence-corrected chi connectivity index (χ4v) is 2.90. The number of hydrogen-bond donors (Lipinski definition) is 2. The van der Waals surface area contributed by atoms with Crippen LogP contribution < -0.4 is 10.5 Å². The summed E-state index contributed by atoms with van der Waals surface area (Å²) in [5.41, 5.74) is 6.28. The Morgan fingerprint density at radius 3 is 2.68 bits per heavy atom. The van der Waals surface area contributed by atoms with Crippen LogP contribution in [0.4, 0.5) is 14.5 Å². The van der Waals surface area contributed by atoms with E-state index in [-0.39, 0.29) is 23.7 Å². The molecule has 0 saturated carbocycles. The molecule has 0 aromatic heterocycles. The Kier molecular flexibility index (Phi) is 5.64. The van der Waals surface area contributed by atoms with Gasteiger partial charge in [-0.3, -0.25) is 0 Å². The summed E-state index contributed by atoms with van der Waals surface area (Å²) < 4.78 is 54.4. The van der Waals surface area contributed by atoms with E-state index in [0.717, 1.165) is 0 Å². The molecule has 0 saturated heterocycles. The topological polar surface area (TPSA) is 81.4 Å². The highest BCUT2D eigenvalue weighted by Gasteiger charge is 2.19. The van der Waals surface area contributed by atoms with Crippen LogP contribution in [-0.2, 0) is 14.8 Å². The van der Waals surface area contributed by atoms with E-state index >= 15 is 0 Å². The van der Waals surface area contributed by atoms with Crippen molar-refractivity contribution in [2.45, 2.75) is 18.2 Å². The molecule has 0 atom stereocenters. The van der Waals surface area contributed by atoms with Gasteiger partial charge in [-0.1, -0.05) is 12.1 Å². The Morgan fingerprint density at radius 1 is 1.42 bits per heavy atom.